The smallest absolute Gasteiger partial charge is 0.204 e. The number of benzene rings is 1. The minimum atomic E-state index is -0.0843. The molecule has 9 heteroatoms. The quantitative estimate of drug-likeness (QED) is 0.318. The molecule has 0 radical (unpaired) electrons. The maximum absolute atomic E-state index is 12.3. The Balaban J connectivity index is 1.51. The highest BCUT2D eigenvalue weighted by molar-refractivity contribution is 7.98. The Kier molecular flexibility index (Phi) is 6.10. The molecule has 0 saturated heterocycles. The predicted octanol–water partition coefficient (Wildman–Crippen LogP) is 2.83. The number of methoxy groups -OCH3 is 1. The molecule has 0 N–H and O–H groups in total. The van der Waals surface area contributed by atoms with Crippen molar-refractivity contribution in [2.24, 2.45) is 7.05 Å². The second-order valence-electron chi connectivity index (χ2n) is 6.60. The molecule has 0 bridgehead atoms. The zero-order chi connectivity index (χ0) is 20.9. The Morgan fingerprint density at radius 1 is 1.13 bits per heavy atom. The van der Waals surface area contributed by atoms with Crippen molar-refractivity contribution in [3.8, 4) is 11.4 Å². The van der Waals surface area contributed by atoms with Gasteiger partial charge in [-0.05, 0) is 24.3 Å². The molecule has 0 aliphatic rings. The molecule has 4 rings (SSSR count). The van der Waals surface area contributed by atoms with Crippen LogP contribution in [0.3, 0.4) is 0 Å². The Labute approximate surface area is 177 Å². The molecule has 0 saturated carbocycles. The van der Waals surface area contributed by atoms with Crippen molar-refractivity contribution in [1.29, 1.82) is 0 Å². The van der Waals surface area contributed by atoms with E-state index in [1.807, 2.05) is 37.5 Å². The summed E-state index contributed by atoms with van der Waals surface area (Å²) in [5.74, 6) is 1.16. The number of hydrogen-bond acceptors (Lipinski definition) is 7. The van der Waals surface area contributed by atoms with Crippen LogP contribution in [0, 0.1) is 0 Å². The van der Waals surface area contributed by atoms with Gasteiger partial charge < -0.3 is 9.47 Å². The lowest BCUT2D eigenvalue weighted by Gasteiger charge is -2.08. The van der Waals surface area contributed by atoms with Crippen molar-refractivity contribution < 1.29 is 9.47 Å². The fourth-order valence-corrected chi connectivity index (χ4v) is 3.75. The van der Waals surface area contributed by atoms with Crippen LogP contribution in [-0.4, -0.2) is 44.9 Å². The van der Waals surface area contributed by atoms with Crippen molar-refractivity contribution in [2.45, 2.75) is 10.6 Å². The molecule has 0 aliphatic carbocycles. The van der Waals surface area contributed by atoms with Gasteiger partial charge in [0.2, 0.25) is 5.43 Å². The second kappa shape index (κ2) is 9.10. The molecule has 3 aromatic heterocycles. The molecule has 0 spiro atoms. The van der Waals surface area contributed by atoms with Crippen molar-refractivity contribution in [3.63, 3.8) is 0 Å². The van der Waals surface area contributed by atoms with Gasteiger partial charge in [-0.3, -0.25) is 14.5 Å². The molecular formula is C21H21N5O3S. The van der Waals surface area contributed by atoms with Crippen molar-refractivity contribution in [3.05, 3.63) is 71.0 Å². The number of pyridine rings is 1. The fourth-order valence-electron chi connectivity index (χ4n) is 2.87. The van der Waals surface area contributed by atoms with Crippen LogP contribution in [0.4, 0.5) is 0 Å². The van der Waals surface area contributed by atoms with Crippen molar-refractivity contribution in [1.82, 2.24) is 24.5 Å². The van der Waals surface area contributed by atoms with Gasteiger partial charge in [-0.2, -0.15) is 10.2 Å². The molecule has 0 aliphatic heterocycles. The summed E-state index contributed by atoms with van der Waals surface area (Å²) in [4.78, 5) is 17.7. The fraction of sp³-hybridized carbons (Fsp3) is 0.238. The van der Waals surface area contributed by atoms with Crippen LogP contribution in [0.2, 0.25) is 0 Å². The van der Waals surface area contributed by atoms with Gasteiger partial charge in [-0.25, -0.2) is 4.68 Å². The Morgan fingerprint density at radius 3 is 2.83 bits per heavy atom. The van der Waals surface area contributed by atoms with E-state index >= 15 is 0 Å². The summed E-state index contributed by atoms with van der Waals surface area (Å²) >= 11 is 1.55. The number of hydrogen-bond donors (Lipinski definition) is 0. The maximum Gasteiger partial charge on any atom is 0.204 e. The molecule has 0 fully saturated rings. The monoisotopic (exact) mass is 423 g/mol. The molecule has 0 unspecified atom stereocenters. The second-order valence-corrected chi connectivity index (χ2v) is 7.65. The zero-order valence-corrected chi connectivity index (χ0v) is 17.5. The topological polar surface area (TPSA) is 84.1 Å². The number of aryl methyl sites for hydroxylation is 1. The van der Waals surface area contributed by atoms with Crippen LogP contribution in [0.5, 0.6) is 5.75 Å². The SMILES string of the molecule is COCCOc1cnc2ccc(SCc3nn(-c4cnn(C)c4)ccc3=O)cc2c1. The molecule has 1 aromatic carbocycles. The highest BCUT2D eigenvalue weighted by Crippen LogP contribution is 2.26. The first-order valence-electron chi connectivity index (χ1n) is 9.34. The normalized spacial score (nSPS) is 11.1. The Morgan fingerprint density at radius 2 is 2.03 bits per heavy atom. The highest BCUT2D eigenvalue weighted by atomic mass is 32.2. The first kappa shape index (κ1) is 20.1. The van der Waals surface area contributed by atoms with E-state index in [4.69, 9.17) is 9.47 Å². The largest absolute Gasteiger partial charge is 0.490 e. The van der Waals surface area contributed by atoms with Crippen LogP contribution in [-0.2, 0) is 17.5 Å². The predicted molar refractivity (Wildman–Crippen MR) is 115 cm³/mol. The van der Waals surface area contributed by atoms with E-state index in [1.165, 1.54) is 6.07 Å². The molecule has 8 nitrogen and oxygen atoms in total. The summed E-state index contributed by atoms with van der Waals surface area (Å²) in [5, 5.41) is 9.60. The van der Waals surface area contributed by atoms with Gasteiger partial charge in [0.1, 0.15) is 23.7 Å². The minimum Gasteiger partial charge on any atom is -0.490 e. The summed E-state index contributed by atoms with van der Waals surface area (Å²) < 4.78 is 14.0. The van der Waals surface area contributed by atoms with E-state index in [2.05, 4.69) is 15.2 Å². The van der Waals surface area contributed by atoms with Crippen LogP contribution < -0.4 is 10.2 Å². The number of ether oxygens (including phenoxy) is 2. The van der Waals surface area contributed by atoms with Crippen molar-refractivity contribution >= 4 is 22.7 Å². The Bertz CT molecular complexity index is 1220. The van der Waals surface area contributed by atoms with Gasteiger partial charge in [-0.1, -0.05) is 0 Å². The highest BCUT2D eigenvalue weighted by Gasteiger charge is 2.08. The average molecular weight is 423 g/mol. The van der Waals surface area contributed by atoms with Gasteiger partial charge in [0.05, 0.1) is 30.7 Å². The van der Waals surface area contributed by atoms with Gasteiger partial charge >= 0.3 is 0 Å². The zero-order valence-electron chi connectivity index (χ0n) is 16.7. The first-order valence-corrected chi connectivity index (χ1v) is 10.3. The van der Waals surface area contributed by atoms with Crippen LogP contribution in [0.1, 0.15) is 5.69 Å². The van der Waals surface area contributed by atoms with Gasteiger partial charge in [-0.15, -0.1) is 11.8 Å². The summed E-state index contributed by atoms with van der Waals surface area (Å²) in [7, 11) is 3.48. The standard InChI is InChI=1S/C21H21N5O3S/c1-25-13-16(11-23-25)26-6-5-21(27)20(24-26)14-30-18-3-4-19-15(10-18)9-17(12-22-19)29-8-7-28-2/h3-6,9-13H,7-8,14H2,1-2H3. The number of fused-ring (bicyclic) bond motifs is 1. The number of aromatic nitrogens is 5. The van der Waals surface area contributed by atoms with E-state index < -0.39 is 0 Å². The van der Waals surface area contributed by atoms with Gasteiger partial charge in [0.25, 0.3) is 0 Å². The van der Waals surface area contributed by atoms with Gasteiger partial charge in [0.15, 0.2) is 0 Å². The summed E-state index contributed by atoms with van der Waals surface area (Å²) in [6.07, 6.45) is 6.91. The van der Waals surface area contributed by atoms with E-state index in [-0.39, 0.29) is 5.43 Å². The molecule has 30 heavy (non-hydrogen) atoms. The number of rotatable bonds is 8. The van der Waals surface area contributed by atoms with E-state index in [9.17, 15) is 4.79 Å². The maximum atomic E-state index is 12.3. The van der Waals surface area contributed by atoms with Gasteiger partial charge in [0, 0.05) is 42.5 Å². The van der Waals surface area contributed by atoms with E-state index in [0.717, 1.165) is 21.5 Å². The van der Waals surface area contributed by atoms with Crippen LogP contribution >= 0.6 is 11.8 Å². The first-order chi connectivity index (χ1) is 14.6. The minimum absolute atomic E-state index is 0.0843. The lowest BCUT2D eigenvalue weighted by Crippen LogP contribution is -2.14. The molecule has 4 aromatic rings. The molecule has 0 atom stereocenters. The van der Waals surface area contributed by atoms with Crippen LogP contribution in [0.15, 0.2) is 64.8 Å². The summed E-state index contributed by atoms with van der Waals surface area (Å²) in [6, 6.07) is 9.48. The van der Waals surface area contributed by atoms with Crippen molar-refractivity contribution in [2.75, 3.05) is 20.3 Å². The molecule has 154 valence electrons. The molecule has 3 heterocycles. The third-order valence-electron chi connectivity index (χ3n) is 4.40. The third kappa shape index (κ3) is 4.69. The average Bonchev–Trinajstić information content (AvgIpc) is 3.19. The van der Waals surface area contributed by atoms with Crippen LogP contribution in [0.25, 0.3) is 16.6 Å². The number of thioether (sulfide) groups is 1. The molecular weight excluding hydrogens is 402 g/mol. The lowest BCUT2D eigenvalue weighted by molar-refractivity contribution is 0.146. The molecule has 0 amide bonds. The third-order valence-corrected chi connectivity index (χ3v) is 5.40. The lowest BCUT2D eigenvalue weighted by atomic mass is 10.2. The number of nitrogens with zero attached hydrogens (tertiary/aromatic N) is 5. The Hall–Kier alpha value is -3.17. The summed E-state index contributed by atoms with van der Waals surface area (Å²) in [5.41, 5.74) is 2.09. The van der Waals surface area contributed by atoms with E-state index in [0.29, 0.717) is 30.4 Å². The van der Waals surface area contributed by atoms with E-state index in [1.54, 1.807) is 46.8 Å². The summed E-state index contributed by atoms with van der Waals surface area (Å²) in [6.45, 7) is 0.996.